The first kappa shape index (κ1) is 10.1. The minimum Gasteiger partial charge on any atom is -0.301 e. The second-order valence-corrected chi connectivity index (χ2v) is 5.17. The van der Waals surface area contributed by atoms with E-state index in [0.717, 1.165) is 37.9 Å². The molecule has 1 aromatic heterocycles. The van der Waals surface area contributed by atoms with Gasteiger partial charge >= 0.3 is 0 Å². The monoisotopic (exact) mass is 221 g/mol. The maximum Gasteiger partial charge on any atom is 0.271 e. The van der Waals surface area contributed by atoms with Crippen molar-refractivity contribution in [3.8, 4) is 0 Å². The Morgan fingerprint density at radius 3 is 2.81 bits per heavy atom. The van der Waals surface area contributed by atoms with Crippen LogP contribution in [0.2, 0.25) is 0 Å². The van der Waals surface area contributed by atoms with E-state index in [4.69, 9.17) is 0 Å². The summed E-state index contributed by atoms with van der Waals surface area (Å²) < 4.78 is 1.90. The van der Waals surface area contributed by atoms with Crippen LogP contribution in [0.1, 0.15) is 43.0 Å². The summed E-state index contributed by atoms with van der Waals surface area (Å²) in [5, 5.41) is 3.34. The topological polar surface area (TPSA) is 41.0 Å². The van der Waals surface area contributed by atoms with Gasteiger partial charge in [-0.25, -0.2) is 4.68 Å². The molecule has 3 rings (SSSR count). The molecule has 88 valence electrons. The van der Waals surface area contributed by atoms with Crippen molar-refractivity contribution in [2.45, 2.75) is 44.7 Å². The summed E-state index contributed by atoms with van der Waals surface area (Å²) in [6.07, 6.45) is 5.84. The molecule has 4 heteroatoms. The minimum absolute atomic E-state index is 0.230. The molecule has 1 aromatic rings. The molecular formula is C12H19N3O. The third-order valence-electron chi connectivity index (χ3n) is 3.96. The van der Waals surface area contributed by atoms with E-state index >= 15 is 0 Å². The lowest BCUT2D eigenvalue weighted by Crippen LogP contribution is -2.30. The molecule has 0 saturated heterocycles. The van der Waals surface area contributed by atoms with Gasteiger partial charge < -0.3 is 4.90 Å². The van der Waals surface area contributed by atoms with Gasteiger partial charge in [0.2, 0.25) is 0 Å². The highest BCUT2D eigenvalue weighted by Crippen LogP contribution is 2.28. The van der Waals surface area contributed by atoms with Gasteiger partial charge in [0, 0.05) is 25.2 Å². The van der Waals surface area contributed by atoms with E-state index in [2.05, 4.69) is 17.0 Å². The molecule has 0 atom stereocenters. The summed E-state index contributed by atoms with van der Waals surface area (Å²) >= 11 is 0. The van der Waals surface area contributed by atoms with Crippen LogP contribution in [-0.4, -0.2) is 28.3 Å². The third kappa shape index (κ3) is 1.52. The van der Waals surface area contributed by atoms with E-state index in [-0.39, 0.29) is 5.56 Å². The number of hydrogen-bond donors (Lipinski definition) is 1. The van der Waals surface area contributed by atoms with E-state index < -0.39 is 0 Å². The van der Waals surface area contributed by atoms with Crippen LogP contribution in [0.3, 0.4) is 0 Å². The average molecular weight is 221 g/mol. The van der Waals surface area contributed by atoms with Crippen LogP contribution < -0.4 is 5.56 Å². The number of aromatic amines is 1. The van der Waals surface area contributed by atoms with Gasteiger partial charge in [-0.05, 0) is 19.9 Å². The Kier molecular flexibility index (Phi) is 2.39. The molecule has 0 unspecified atom stereocenters. The van der Waals surface area contributed by atoms with Gasteiger partial charge in [0.1, 0.15) is 0 Å². The van der Waals surface area contributed by atoms with Crippen molar-refractivity contribution < 1.29 is 0 Å². The number of aromatic nitrogens is 2. The first-order valence-corrected chi connectivity index (χ1v) is 6.26. The lowest BCUT2D eigenvalue weighted by molar-refractivity contribution is 0.311. The fourth-order valence-electron chi connectivity index (χ4n) is 2.98. The number of fused-ring (bicyclic) bond motifs is 1. The van der Waals surface area contributed by atoms with E-state index in [9.17, 15) is 4.79 Å². The smallest absolute Gasteiger partial charge is 0.271 e. The Hall–Kier alpha value is -1.03. The predicted octanol–water partition coefficient (Wildman–Crippen LogP) is 1.28. The number of H-pyrrole nitrogens is 1. The van der Waals surface area contributed by atoms with Crippen molar-refractivity contribution in [3.05, 3.63) is 21.6 Å². The molecular weight excluding hydrogens is 202 g/mol. The molecule has 0 radical (unpaired) electrons. The van der Waals surface area contributed by atoms with Gasteiger partial charge in [-0.3, -0.25) is 9.89 Å². The number of nitrogens with one attached hydrogen (secondary N) is 1. The number of likely N-dealkylation sites (N-methyl/N-ethyl adjacent to an activating group) is 1. The first-order valence-electron chi connectivity index (χ1n) is 6.26. The quantitative estimate of drug-likeness (QED) is 0.776. The van der Waals surface area contributed by atoms with Crippen molar-refractivity contribution in [1.82, 2.24) is 14.7 Å². The van der Waals surface area contributed by atoms with Gasteiger partial charge in [-0.2, -0.15) is 0 Å². The van der Waals surface area contributed by atoms with Gasteiger partial charge in [0.05, 0.1) is 11.6 Å². The highest BCUT2D eigenvalue weighted by Gasteiger charge is 2.25. The lowest BCUT2D eigenvalue weighted by Gasteiger charge is -2.20. The summed E-state index contributed by atoms with van der Waals surface area (Å²) in [5.74, 6) is 0. The predicted molar refractivity (Wildman–Crippen MR) is 62.6 cm³/mol. The Bertz CT molecular complexity index is 440. The summed E-state index contributed by atoms with van der Waals surface area (Å²) in [6.45, 7) is 1.86. The zero-order valence-electron chi connectivity index (χ0n) is 9.83. The Labute approximate surface area is 95.2 Å². The minimum atomic E-state index is 0.230. The normalized spacial score (nSPS) is 22.6. The lowest BCUT2D eigenvalue weighted by atomic mass is 10.1. The van der Waals surface area contributed by atoms with Gasteiger partial charge in [-0.1, -0.05) is 12.8 Å². The molecule has 2 aliphatic rings. The molecule has 4 nitrogen and oxygen atoms in total. The first-order chi connectivity index (χ1) is 7.75. The molecule has 0 spiro atoms. The molecule has 16 heavy (non-hydrogen) atoms. The second-order valence-electron chi connectivity index (χ2n) is 5.17. The molecule has 1 saturated carbocycles. The van der Waals surface area contributed by atoms with E-state index in [1.165, 1.54) is 18.5 Å². The molecule has 0 amide bonds. The SMILES string of the molecule is CN1CCc2[nH]n(C3CCCC3)c(=O)c2C1. The van der Waals surface area contributed by atoms with Crippen LogP contribution in [0.5, 0.6) is 0 Å². The van der Waals surface area contributed by atoms with Crippen molar-refractivity contribution in [2.75, 3.05) is 13.6 Å². The van der Waals surface area contributed by atoms with Crippen molar-refractivity contribution in [3.63, 3.8) is 0 Å². The second kappa shape index (κ2) is 3.77. The highest BCUT2D eigenvalue weighted by atomic mass is 16.1. The molecule has 1 N–H and O–H groups in total. The molecule has 1 aliphatic heterocycles. The molecule has 1 aliphatic carbocycles. The number of hydrogen-bond acceptors (Lipinski definition) is 2. The standard InChI is InChI=1S/C12H19N3O/c1-14-7-6-11-10(8-14)12(16)15(13-11)9-4-2-3-5-9/h9,13H,2-8H2,1H3. The largest absolute Gasteiger partial charge is 0.301 e. The maximum atomic E-state index is 12.3. The van der Waals surface area contributed by atoms with Crippen LogP contribution in [-0.2, 0) is 13.0 Å². The zero-order valence-corrected chi connectivity index (χ0v) is 9.83. The fraction of sp³-hybridized carbons (Fsp3) is 0.750. The summed E-state index contributed by atoms with van der Waals surface area (Å²) in [6, 6.07) is 0.434. The van der Waals surface area contributed by atoms with Gasteiger partial charge in [0.25, 0.3) is 5.56 Å². The maximum absolute atomic E-state index is 12.3. The van der Waals surface area contributed by atoms with E-state index in [1.807, 2.05) is 4.68 Å². The number of rotatable bonds is 1. The summed E-state index contributed by atoms with van der Waals surface area (Å²) in [5.41, 5.74) is 2.41. The Morgan fingerprint density at radius 2 is 2.06 bits per heavy atom. The summed E-state index contributed by atoms with van der Waals surface area (Å²) in [7, 11) is 2.08. The van der Waals surface area contributed by atoms with Crippen LogP contribution in [0.25, 0.3) is 0 Å². The van der Waals surface area contributed by atoms with Crippen LogP contribution in [0.4, 0.5) is 0 Å². The van der Waals surface area contributed by atoms with E-state index in [1.54, 1.807) is 0 Å². The third-order valence-corrected chi connectivity index (χ3v) is 3.96. The van der Waals surface area contributed by atoms with E-state index in [0.29, 0.717) is 6.04 Å². The van der Waals surface area contributed by atoms with Crippen LogP contribution in [0, 0.1) is 0 Å². The molecule has 0 bridgehead atoms. The van der Waals surface area contributed by atoms with Crippen molar-refractivity contribution in [2.24, 2.45) is 0 Å². The van der Waals surface area contributed by atoms with Gasteiger partial charge in [-0.15, -0.1) is 0 Å². The van der Waals surface area contributed by atoms with Crippen molar-refractivity contribution >= 4 is 0 Å². The zero-order chi connectivity index (χ0) is 11.1. The Morgan fingerprint density at radius 1 is 1.31 bits per heavy atom. The van der Waals surface area contributed by atoms with Gasteiger partial charge in [0.15, 0.2) is 0 Å². The molecule has 0 aromatic carbocycles. The van der Waals surface area contributed by atoms with Crippen molar-refractivity contribution in [1.29, 1.82) is 0 Å². The highest BCUT2D eigenvalue weighted by molar-refractivity contribution is 5.20. The van der Waals surface area contributed by atoms with Crippen LogP contribution >= 0.6 is 0 Å². The van der Waals surface area contributed by atoms with Crippen LogP contribution in [0.15, 0.2) is 4.79 Å². The molecule has 1 fully saturated rings. The Balaban J connectivity index is 1.98. The molecule has 2 heterocycles. The number of nitrogens with zero attached hydrogens (tertiary/aromatic N) is 2. The average Bonchev–Trinajstić information content (AvgIpc) is 2.87. The fourth-order valence-corrected chi connectivity index (χ4v) is 2.98. The summed E-state index contributed by atoms with van der Waals surface area (Å²) in [4.78, 5) is 14.5.